The topological polar surface area (TPSA) is 29.1 Å². The third kappa shape index (κ3) is 4.65. The van der Waals surface area contributed by atoms with E-state index in [0.717, 1.165) is 23.6 Å². The summed E-state index contributed by atoms with van der Waals surface area (Å²) in [5, 5.41) is 3.66. The van der Waals surface area contributed by atoms with E-state index < -0.39 is 10.8 Å². The maximum atomic E-state index is 12.5. The Labute approximate surface area is 132 Å². The quantitative estimate of drug-likeness (QED) is 0.826. The molecule has 0 aliphatic heterocycles. The lowest BCUT2D eigenvalue weighted by molar-refractivity contribution is 0.393. The SMILES string of the molecule is CCCNC1CCCC1CCS(=O)c1ccc(C)cc1C. The van der Waals surface area contributed by atoms with Crippen LogP contribution in [0.15, 0.2) is 23.1 Å². The Hall–Kier alpha value is -0.670. The minimum absolute atomic E-state index is 0.654. The minimum atomic E-state index is -0.848. The van der Waals surface area contributed by atoms with E-state index in [-0.39, 0.29) is 0 Å². The molecule has 0 amide bonds. The number of aryl methyl sites for hydroxylation is 2. The van der Waals surface area contributed by atoms with Crippen LogP contribution < -0.4 is 5.32 Å². The van der Waals surface area contributed by atoms with Gasteiger partial charge in [-0.15, -0.1) is 0 Å². The molecule has 0 heterocycles. The summed E-state index contributed by atoms with van der Waals surface area (Å²) in [4.78, 5) is 1.02. The van der Waals surface area contributed by atoms with Crippen LogP contribution in [0.4, 0.5) is 0 Å². The highest BCUT2D eigenvalue weighted by Crippen LogP contribution is 2.29. The summed E-state index contributed by atoms with van der Waals surface area (Å²) < 4.78 is 12.5. The first kappa shape index (κ1) is 16.7. The molecule has 3 heteroatoms. The van der Waals surface area contributed by atoms with Crippen LogP contribution in [0.5, 0.6) is 0 Å². The second-order valence-corrected chi connectivity index (χ2v) is 7.90. The van der Waals surface area contributed by atoms with Gasteiger partial charge in [0.1, 0.15) is 0 Å². The van der Waals surface area contributed by atoms with Crippen molar-refractivity contribution >= 4 is 10.8 Å². The average Bonchev–Trinajstić information content (AvgIpc) is 2.90. The second-order valence-electron chi connectivity index (χ2n) is 6.36. The summed E-state index contributed by atoms with van der Waals surface area (Å²) in [6.45, 7) is 7.48. The van der Waals surface area contributed by atoms with Crippen molar-refractivity contribution in [3.05, 3.63) is 29.3 Å². The Morgan fingerprint density at radius 2 is 2.10 bits per heavy atom. The lowest BCUT2D eigenvalue weighted by atomic mass is 10.0. The van der Waals surface area contributed by atoms with Gasteiger partial charge in [-0.25, -0.2) is 0 Å². The monoisotopic (exact) mass is 307 g/mol. The summed E-state index contributed by atoms with van der Waals surface area (Å²) in [5.74, 6) is 1.52. The largest absolute Gasteiger partial charge is 0.314 e. The summed E-state index contributed by atoms with van der Waals surface area (Å²) in [6.07, 6.45) is 6.19. The first-order valence-electron chi connectivity index (χ1n) is 8.30. The van der Waals surface area contributed by atoms with Gasteiger partial charge in [0, 0.05) is 16.7 Å². The Morgan fingerprint density at radius 3 is 2.81 bits per heavy atom. The molecule has 118 valence electrons. The van der Waals surface area contributed by atoms with Gasteiger partial charge >= 0.3 is 0 Å². The highest BCUT2D eigenvalue weighted by atomic mass is 32.2. The molecule has 0 aromatic heterocycles. The zero-order chi connectivity index (χ0) is 15.2. The van der Waals surface area contributed by atoms with Crippen molar-refractivity contribution in [2.75, 3.05) is 12.3 Å². The van der Waals surface area contributed by atoms with Gasteiger partial charge in [0.15, 0.2) is 0 Å². The number of rotatable bonds is 7. The van der Waals surface area contributed by atoms with Crippen LogP contribution in [0, 0.1) is 19.8 Å². The van der Waals surface area contributed by atoms with E-state index in [1.165, 1.54) is 36.8 Å². The fourth-order valence-electron chi connectivity index (χ4n) is 3.40. The highest BCUT2D eigenvalue weighted by molar-refractivity contribution is 7.85. The van der Waals surface area contributed by atoms with Crippen molar-refractivity contribution in [2.45, 2.75) is 63.8 Å². The molecule has 2 nitrogen and oxygen atoms in total. The summed E-state index contributed by atoms with van der Waals surface area (Å²) in [6, 6.07) is 6.90. The van der Waals surface area contributed by atoms with Gasteiger partial charge in [-0.3, -0.25) is 4.21 Å². The van der Waals surface area contributed by atoms with Crippen molar-refractivity contribution < 1.29 is 4.21 Å². The van der Waals surface area contributed by atoms with E-state index >= 15 is 0 Å². The summed E-state index contributed by atoms with van der Waals surface area (Å²) in [7, 11) is -0.848. The first-order valence-corrected chi connectivity index (χ1v) is 9.62. The zero-order valence-electron chi connectivity index (χ0n) is 13.7. The molecular formula is C18H29NOS. The van der Waals surface area contributed by atoms with Crippen LogP contribution in [0.3, 0.4) is 0 Å². The maximum Gasteiger partial charge on any atom is 0.0532 e. The Bertz CT molecular complexity index is 486. The molecule has 0 radical (unpaired) electrons. The lowest BCUT2D eigenvalue weighted by Gasteiger charge is -2.20. The van der Waals surface area contributed by atoms with Crippen LogP contribution in [0.2, 0.25) is 0 Å². The van der Waals surface area contributed by atoms with Gasteiger partial charge in [0.2, 0.25) is 0 Å². The van der Waals surface area contributed by atoms with Gasteiger partial charge in [0.25, 0.3) is 0 Å². The van der Waals surface area contributed by atoms with Crippen LogP contribution in [0.1, 0.15) is 50.2 Å². The Kier molecular flexibility index (Phi) is 6.43. The third-order valence-electron chi connectivity index (χ3n) is 4.57. The van der Waals surface area contributed by atoms with Gasteiger partial charge in [0.05, 0.1) is 10.8 Å². The zero-order valence-corrected chi connectivity index (χ0v) is 14.5. The van der Waals surface area contributed by atoms with Gasteiger partial charge in [-0.05, 0) is 63.6 Å². The van der Waals surface area contributed by atoms with Crippen LogP contribution >= 0.6 is 0 Å². The van der Waals surface area contributed by atoms with E-state index in [2.05, 4.69) is 38.2 Å². The molecule has 1 aliphatic rings. The third-order valence-corrected chi connectivity index (χ3v) is 6.12. The predicted octanol–water partition coefficient (Wildman–Crippen LogP) is 3.97. The van der Waals surface area contributed by atoms with Crippen molar-refractivity contribution in [3.8, 4) is 0 Å². The normalized spacial score (nSPS) is 23.4. The highest BCUT2D eigenvalue weighted by Gasteiger charge is 2.26. The molecule has 1 aromatic carbocycles. The fraction of sp³-hybridized carbons (Fsp3) is 0.667. The molecule has 0 bridgehead atoms. The molecular weight excluding hydrogens is 278 g/mol. The molecule has 3 atom stereocenters. The Balaban J connectivity index is 1.88. The molecule has 1 fully saturated rings. The number of hydrogen-bond donors (Lipinski definition) is 1. The molecule has 3 unspecified atom stereocenters. The van der Waals surface area contributed by atoms with Crippen LogP contribution in [-0.2, 0) is 10.8 Å². The number of benzene rings is 1. The molecule has 21 heavy (non-hydrogen) atoms. The molecule has 1 N–H and O–H groups in total. The first-order chi connectivity index (χ1) is 10.1. The van der Waals surface area contributed by atoms with E-state index in [0.29, 0.717) is 12.0 Å². The summed E-state index contributed by atoms with van der Waals surface area (Å²) >= 11 is 0. The molecule has 1 saturated carbocycles. The van der Waals surface area contributed by atoms with Crippen molar-refractivity contribution in [1.82, 2.24) is 5.32 Å². The van der Waals surface area contributed by atoms with E-state index in [1.54, 1.807) is 0 Å². The number of nitrogens with one attached hydrogen (secondary N) is 1. The lowest BCUT2D eigenvalue weighted by Crippen LogP contribution is -2.33. The van der Waals surface area contributed by atoms with Gasteiger partial charge in [-0.2, -0.15) is 0 Å². The maximum absolute atomic E-state index is 12.5. The van der Waals surface area contributed by atoms with Crippen molar-refractivity contribution in [1.29, 1.82) is 0 Å². The summed E-state index contributed by atoms with van der Waals surface area (Å²) in [5.41, 5.74) is 2.41. The standard InChI is InChI=1S/C18H29NOS/c1-4-11-19-17-7-5-6-16(17)10-12-21(20)18-9-8-14(2)13-15(18)3/h8-9,13,16-17,19H,4-7,10-12H2,1-3H3. The van der Waals surface area contributed by atoms with Gasteiger partial charge in [-0.1, -0.05) is 31.0 Å². The second kappa shape index (κ2) is 8.09. The smallest absolute Gasteiger partial charge is 0.0532 e. The molecule has 0 saturated heterocycles. The van der Waals surface area contributed by atoms with E-state index in [4.69, 9.17) is 0 Å². The van der Waals surface area contributed by atoms with Crippen molar-refractivity contribution in [2.24, 2.45) is 5.92 Å². The molecule has 0 spiro atoms. The average molecular weight is 308 g/mol. The van der Waals surface area contributed by atoms with Crippen LogP contribution in [-0.4, -0.2) is 22.5 Å². The minimum Gasteiger partial charge on any atom is -0.314 e. The predicted molar refractivity (Wildman–Crippen MR) is 91.2 cm³/mol. The van der Waals surface area contributed by atoms with E-state index in [1.807, 2.05) is 6.07 Å². The molecule has 2 rings (SSSR count). The number of hydrogen-bond acceptors (Lipinski definition) is 2. The molecule has 1 aliphatic carbocycles. The van der Waals surface area contributed by atoms with Crippen molar-refractivity contribution in [3.63, 3.8) is 0 Å². The van der Waals surface area contributed by atoms with E-state index in [9.17, 15) is 4.21 Å². The Morgan fingerprint density at radius 1 is 1.29 bits per heavy atom. The fourth-order valence-corrected chi connectivity index (χ4v) is 4.78. The van der Waals surface area contributed by atoms with Crippen LogP contribution in [0.25, 0.3) is 0 Å². The van der Waals surface area contributed by atoms with Gasteiger partial charge < -0.3 is 5.32 Å². The molecule has 1 aromatic rings.